The number of para-hydroxylation sites is 1. The highest BCUT2D eigenvalue weighted by Crippen LogP contribution is 2.21. The lowest BCUT2D eigenvalue weighted by molar-refractivity contribution is 0.0983. The van der Waals surface area contributed by atoms with Gasteiger partial charge >= 0.3 is 0 Å². The maximum Gasteiger partial charge on any atom is 0.276 e. The monoisotopic (exact) mass is 255 g/mol. The number of aryl methyl sites for hydroxylation is 1. The summed E-state index contributed by atoms with van der Waals surface area (Å²) < 4.78 is 0. The summed E-state index contributed by atoms with van der Waals surface area (Å²) in [6.45, 7) is 4.51. The summed E-state index contributed by atoms with van der Waals surface area (Å²) in [5.41, 5.74) is 8.56. The quantitative estimate of drug-likeness (QED) is 0.917. The van der Waals surface area contributed by atoms with Crippen molar-refractivity contribution in [2.75, 3.05) is 17.2 Å². The molecular weight excluding hydrogens is 238 g/mol. The Morgan fingerprint density at radius 3 is 2.68 bits per heavy atom. The van der Waals surface area contributed by atoms with Gasteiger partial charge in [0.2, 0.25) is 0 Å². The third-order valence-electron chi connectivity index (χ3n) is 2.97. The van der Waals surface area contributed by atoms with Crippen LogP contribution in [0.2, 0.25) is 0 Å². The number of nitrogens with two attached hydrogens (primary N) is 1. The minimum atomic E-state index is -0.135. The van der Waals surface area contributed by atoms with Gasteiger partial charge in [0.15, 0.2) is 0 Å². The van der Waals surface area contributed by atoms with Gasteiger partial charge in [0.25, 0.3) is 5.91 Å². The fourth-order valence-corrected chi connectivity index (χ4v) is 1.99. The summed E-state index contributed by atoms with van der Waals surface area (Å²) in [6, 6.07) is 11.1. The number of pyridine rings is 1. The lowest BCUT2D eigenvalue weighted by Crippen LogP contribution is -2.31. The molecule has 0 aliphatic rings. The fourth-order valence-electron chi connectivity index (χ4n) is 1.99. The summed E-state index contributed by atoms with van der Waals surface area (Å²) >= 11 is 0. The molecule has 4 nitrogen and oxygen atoms in total. The van der Waals surface area contributed by atoms with E-state index in [1.807, 2.05) is 38.1 Å². The first-order valence-electron chi connectivity index (χ1n) is 6.22. The topological polar surface area (TPSA) is 59.2 Å². The van der Waals surface area contributed by atoms with Gasteiger partial charge in [0.1, 0.15) is 5.69 Å². The molecule has 0 radical (unpaired) electrons. The molecule has 0 aliphatic heterocycles. The smallest absolute Gasteiger partial charge is 0.276 e. The van der Waals surface area contributed by atoms with Gasteiger partial charge in [0, 0.05) is 24.1 Å². The van der Waals surface area contributed by atoms with Crippen LogP contribution in [0.1, 0.15) is 23.0 Å². The van der Waals surface area contributed by atoms with E-state index in [1.165, 1.54) is 0 Å². The van der Waals surface area contributed by atoms with E-state index in [0.717, 1.165) is 11.3 Å². The van der Waals surface area contributed by atoms with Gasteiger partial charge in [-0.1, -0.05) is 18.2 Å². The highest BCUT2D eigenvalue weighted by molar-refractivity contribution is 6.05. The zero-order valence-electron chi connectivity index (χ0n) is 11.1. The third kappa shape index (κ3) is 2.73. The minimum absolute atomic E-state index is 0.135. The molecular formula is C15H17N3O. The number of nitrogens with zero attached hydrogens (tertiary/aromatic N) is 2. The van der Waals surface area contributed by atoms with Crippen molar-refractivity contribution in [1.82, 2.24) is 4.98 Å². The van der Waals surface area contributed by atoms with E-state index >= 15 is 0 Å². The highest BCUT2D eigenvalue weighted by atomic mass is 16.2. The molecule has 4 heteroatoms. The Hall–Kier alpha value is -2.36. The lowest BCUT2D eigenvalue weighted by atomic mass is 10.1. The number of hydrogen-bond acceptors (Lipinski definition) is 3. The number of nitrogen functional groups attached to an aromatic ring is 1. The first kappa shape index (κ1) is 13.1. The molecule has 2 N–H and O–H groups in total. The maximum atomic E-state index is 12.5. The Balaban J connectivity index is 2.38. The van der Waals surface area contributed by atoms with Crippen molar-refractivity contribution >= 4 is 17.3 Å². The van der Waals surface area contributed by atoms with E-state index in [1.54, 1.807) is 23.2 Å². The SMILES string of the molecule is CCN(C(=O)c1cc(N)ccn1)c1ccccc1C. The summed E-state index contributed by atoms with van der Waals surface area (Å²) in [6.07, 6.45) is 1.55. The van der Waals surface area contributed by atoms with Crippen LogP contribution in [0, 0.1) is 6.92 Å². The molecule has 2 aromatic rings. The van der Waals surface area contributed by atoms with Crippen molar-refractivity contribution in [2.45, 2.75) is 13.8 Å². The van der Waals surface area contributed by atoms with Crippen LogP contribution in [0.4, 0.5) is 11.4 Å². The summed E-state index contributed by atoms with van der Waals surface area (Å²) in [7, 11) is 0. The predicted octanol–water partition coefficient (Wildman–Crippen LogP) is 2.64. The molecule has 1 amide bonds. The predicted molar refractivity (Wildman–Crippen MR) is 77.2 cm³/mol. The molecule has 1 aromatic heterocycles. The second-order valence-corrected chi connectivity index (χ2v) is 4.31. The Labute approximate surface area is 112 Å². The number of hydrogen-bond donors (Lipinski definition) is 1. The van der Waals surface area contributed by atoms with E-state index < -0.39 is 0 Å². The third-order valence-corrected chi connectivity index (χ3v) is 2.97. The number of carbonyl (C=O) groups is 1. The molecule has 0 saturated heterocycles. The molecule has 1 aromatic carbocycles. The number of carbonyl (C=O) groups excluding carboxylic acids is 1. The van der Waals surface area contributed by atoms with E-state index in [-0.39, 0.29) is 5.91 Å². The number of rotatable bonds is 3. The van der Waals surface area contributed by atoms with E-state index in [4.69, 9.17) is 5.73 Å². The van der Waals surface area contributed by atoms with Gasteiger partial charge in [-0.15, -0.1) is 0 Å². The van der Waals surface area contributed by atoms with Crippen LogP contribution in [0.5, 0.6) is 0 Å². The van der Waals surface area contributed by atoms with Gasteiger partial charge in [-0.2, -0.15) is 0 Å². The van der Waals surface area contributed by atoms with Crippen LogP contribution in [0.3, 0.4) is 0 Å². The maximum absolute atomic E-state index is 12.5. The molecule has 0 atom stereocenters. The van der Waals surface area contributed by atoms with Crippen LogP contribution in [0.15, 0.2) is 42.6 Å². The Kier molecular flexibility index (Phi) is 3.80. The van der Waals surface area contributed by atoms with E-state index in [2.05, 4.69) is 4.98 Å². The number of anilines is 2. The first-order chi connectivity index (χ1) is 9.13. The van der Waals surface area contributed by atoms with Gasteiger partial charge in [-0.25, -0.2) is 0 Å². The zero-order valence-corrected chi connectivity index (χ0v) is 11.1. The van der Waals surface area contributed by atoms with E-state index in [0.29, 0.717) is 17.9 Å². The first-order valence-corrected chi connectivity index (χ1v) is 6.22. The molecule has 19 heavy (non-hydrogen) atoms. The van der Waals surface area contributed by atoms with Crippen molar-refractivity contribution in [2.24, 2.45) is 0 Å². The lowest BCUT2D eigenvalue weighted by Gasteiger charge is -2.22. The normalized spacial score (nSPS) is 10.2. The molecule has 0 bridgehead atoms. The van der Waals surface area contributed by atoms with Crippen molar-refractivity contribution in [3.05, 3.63) is 53.9 Å². The average Bonchev–Trinajstić information content (AvgIpc) is 2.41. The second-order valence-electron chi connectivity index (χ2n) is 4.31. The standard InChI is InChI=1S/C15H17N3O/c1-3-18(14-7-5-4-6-11(14)2)15(19)13-10-12(16)8-9-17-13/h4-10H,3H2,1-2H3,(H2,16,17). The molecule has 2 rings (SSSR count). The molecule has 98 valence electrons. The molecule has 0 aliphatic carbocycles. The van der Waals surface area contributed by atoms with Gasteiger partial charge < -0.3 is 10.6 Å². The fraction of sp³-hybridized carbons (Fsp3) is 0.200. The van der Waals surface area contributed by atoms with Crippen molar-refractivity contribution < 1.29 is 4.79 Å². The number of aromatic nitrogens is 1. The average molecular weight is 255 g/mol. The largest absolute Gasteiger partial charge is 0.399 e. The molecule has 0 spiro atoms. The molecule has 0 unspecified atom stereocenters. The Bertz CT molecular complexity index is 595. The van der Waals surface area contributed by atoms with Gasteiger partial charge in [-0.3, -0.25) is 9.78 Å². The van der Waals surface area contributed by atoms with E-state index in [9.17, 15) is 4.79 Å². The molecule has 0 fully saturated rings. The van der Waals surface area contributed by atoms with Gasteiger partial charge in [0.05, 0.1) is 0 Å². The number of benzene rings is 1. The number of amides is 1. The van der Waals surface area contributed by atoms with Crippen LogP contribution < -0.4 is 10.6 Å². The minimum Gasteiger partial charge on any atom is -0.399 e. The Morgan fingerprint density at radius 2 is 2.05 bits per heavy atom. The summed E-state index contributed by atoms with van der Waals surface area (Å²) in [5.74, 6) is -0.135. The van der Waals surface area contributed by atoms with Crippen LogP contribution in [-0.2, 0) is 0 Å². The van der Waals surface area contributed by atoms with Crippen LogP contribution in [0.25, 0.3) is 0 Å². The van der Waals surface area contributed by atoms with Crippen molar-refractivity contribution in [1.29, 1.82) is 0 Å². The molecule has 0 saturated carbocycles. The van der Waals surface area contributed by atoms with Crippen molar-refractivity contribution in [3.8, 4) is 0 Å². The molecule has 1 heterocycles. The van der Waals surface area contributed by atoms with Crippen LogP contribution in [-0.4, -0.2) is 17.4 Å². The van der Waals surface area contributed by atoms with Gasteiger partial charge in [-0.05, 0) is 37.6 Å². The van der Waals surface area contributed by atoms with Crippen LogP contribution >= 0.6 is 0 Å². The Morgan fingerprint density at radius 1 is 1.32 bits per heavy atom. The summed E-state index contributed by atoms with van der Waals surface area (Å²) in [5, 5.41) is 0. The zero-order chi connectivity index (χ0) is 13.8. The van der Waals surface area contributed by atoms with Crippen molar-refractivity contribution in [3.63, 3.8) is 0 Å². The second kappa shape index (κ2) is 5.52. The highest BCUT2D eigenvalue weighted by Gasteiger charge is 2.18. The summed E-state index contributed by atoms with van der Waals surface area (Å²) in [4.78, 5) is 18.3.